The molecule has 1 aromatic heterocycles. The maximum absolute atomic E-state index is 12.8. The SMILES string of the molecule is C[C@H]1OCCN[C@@H]1C(=O)N1CCN(C(=O)c2cc3ccccc3[nH]2)CC1.Cl. The number of carbonyl (C=O) groups is 2. The predicted octanol–water partition coefficient (Wildman–Crippen LogP) is 1.25. The van der Waals surface area contributed by atoms with Crippen molar-refractivity contribution in [1.29, 1.82) is 0 Å². The molecular weight excluding hydrogens is 368 g/mol. The van der Waals surface area contributed by atoms with E-state index in [-0.39, 0.29) is 36.4 Å². The highest BCUT2D eigenvalue weighted by molar-refractivity contribution is 5.98. The Labute approximate surface area is 164 Å². The fourth-order valence-corrected chi connectivity index (χ4v) is 3.70. The van der Waals surface area contributed by atoms with Crippen LogP contribution in [0.1, 0.15) is 17.4 Å². The first-order valence-corrected chi connectivity index (χ1v) is 9.14. The van der Waals surface area contributed by atoms with E-state index in [0.29, 0.717) is 45.0 Å². The van der Waals surface area contributed by atoms with Gasteiger partial charge in [0.05, 0.1) is 12.7 Å². The average molecular weight is 393 g/mol. The van der Waals surface area contributed by atoms with Gasteiger partial charge in [0.25, 0.3) is 5.91 Å². The molecule has 2 aromatic rings. The fraction of sp³-hybridized carbons (Fsp3) is 0.474. The Morgan fingerprint density at radius 2 is 1.81 bits per heavy atom. The predicted molar refractivity (Wildman–Crippen MR) is 105 cm³/mol. The Balaban J connectivity index is 0.00000210. The minimum Gasteiger partial charge on any atom is -0.375 e. The van der Waals surface area contributed by atoms with Crippen molar-refractivity contribution in [3.8, 4) is 0 Å². The zero-order valence-electron chi connectivity index (χ0n) is 15.3. The van der Waals surface area contributed by atoms with Gasteiger partial charge in [-0.05, 0) is 19.1 Å². The van der Waals surface area contributed by atoms with E-state index in [1.54, 1.807) is 0 Å². The molecule has 0 unspecified atom stereocenters. The number of piperazine rings is 1. The van der Waals surface area contributed by atoms with E-state index in [0.717, 1.165) is 10.9 Å². The maximum atomic E-state index is 12.8. The van der Waals surface area contributed by atoms with Crippen molar-refractivity contribution in [2.75, 3.05) is 39.3 Å². The molecule has 8 heteroatoms. The van der Waals surface area contributed by atoms with Gasteiger partial charge in [-0.3, -0.25) is 9.59 Å². The van der Waals surface area contributed by atoms with Crippen LogP contribution >= 0.6 is 12.4 Å². The minimum atomic E-state index is -0.292. The van der Waals surface area contributed by atoms with Gasteiger partial charge in [-0.2, -0.15) is 0 Å². The molecule has 0 saturated carbocycles. The van der Waals surface area contributed by atoms with Gasteiger partial charge >= 0.3 is 0 Å². The number of rotatable bonds is 2. The lowest BCUT2D eigenvalue weighted by Crippen LogP contribution is -2.60. The third-order valence-electron chi connectivity index (χ3n) is 5.22. The topological polar surface area (TPSA) is 77.7 Å². The molecule has 146 valence electrons. The quantitative estimate of drug-likeness (QED) is 0.806. The monoisotopic (exact) mass is 392 g/mol. The highest BCUT2D eigenvalue weighted by Gasteiger charge is 2.34. The van der Waals surface area contributed by atoms with Gasteiger partial charge in [-0.15, -0.1) is 12.4 Å². The summed E-state index contributed by atoms with van der Waals surface area (Å²) in [6.45, 7) is 5.44. The molecule has 27 heavy (non-hydrogen) atoms. The van der Waals surface area contributed by atoms with Crippen LogP contribution < -0.4 is 5.32 Å². The summed E-state index contributed by atoms with van der Waals surface area (Å²) in [6.07, 6.45) is -0.123. The summed E-state index contributed by atoms with van der Waals surface area (Å²) in [6, 6.07) is 9.45. The molecular formula is C19H25ClN4O3. The summed E-state index contributed by atoms with van der Waals surface area (Å²) in [7, 11) is 0. The van der Waals surface area contributed by atoms with Crippen LogP contribution in [0.2, 0.25) is 0 Å². The van der Waals surface area contributed by atoms with Crippen molar-refractivity contribution in [3.05, 3.63) is 36.0 Å². The van der Waals surface area contributed by atoms with Crippen molar-refractivity contribution in [2.45, 2.75) is 19.1 Å². The van der Waals surface area contributed by atoms with Gasteiger partial charge in [0, 0.05) is 43.6 Å². The first kappa shape index (κ1) is 19.7. The molecule has 3 heterocycles. The number of halogens is 1. The number of benzene rings is 1. The molecule has 2 N–H and O–H groups in total. The second-order valence-electron chi connectivity index (χ2n) is 6.90. The molecule has 2 saturated heterocycles. The van der Waals surface area contributed by atoms with Crippen LogP contribution in [0.5, 0.6) is 0 Å². The zero-order valence-corrected chi connectivity index (χ0v) is 16.1. The minimum absolute atomic E-state index is 0. The van der Waals surface area contributed by atoms with E-state index in [2.05, 4.69) is 10.3 Å². The molecule has 2 fully saturated rings. The highest BCUT2D eigenvalue weighted by Crippen LogP contribution is 2.17. The molecule has 0 spiro atoms. The van der Waals surface area contributed by atoms with E-state index in [1.807, 2.05) is 47.1 Å². The first-order chi connectivity index (χ1) is 12.6. The number of nitrogens with zero attached hydrogens (tertiary/aromatic N) is 2. The fourth-order valence-electron chi connectivity index (χ4n) is 3.70. The number of aromatic nitrogens is 1. The Morgan fingerprint density at radius 3 is 2.52 bits per heavy atom. The second-order valence-corrected chi connectivity index (χ2v) is 6.90. The Bertz CT molecular complexity index is 783. The van der Waals surface area contributed by atoms with E-state index < -0.39 is 0 Å². The molecule has 2 atom stereocenters. The van der Waals surface area contributed by atoms with Crippen molar-refractivity contribution in [1.82, 2.24) is 20.1 Å². The van der Waals surface area contributed by atoms with Gasteiger partial charge in [0.2, 0.25) is 5.91 Å². The van der Waals surface area contributed by atoms with Crippen molar-refractivity contribution in [2.24, 2.45) is 0 Å². The summed E-state index contributed by atoms with van der Waals surface area (Å²) in [4.78, 5) is 32.3. The third-order valence-corrected chi connectivity index (χ3v) is 5.22. The molecule has 4 rings (SSSR count). The summed E-state index contributed by atoms with van der Waals surface area (Å²) in [5.74, 6) is 0.0516. The normalized spacial score (nSPS) is 23.1. The van der Waals surface area contributed by atoms with E-state index in [9.17, 15) is 9.59 Å². The summed E-state index contributed by atoms with van der Waals surface area (Å²) in [5, 5.41) is 4.27. The van der Waals surface area contributed by atoms with Crippen LogP contribution in [0.25, 0.3) is 10.9 Å². The number of hydrogen-bond donors (Lipinski definition) is 2. The average Bonchev–Trinajstić information content (AvgIpc) is 3.11. The van der Waals surface area contributed by atoms with Gasteiger partial charge in [-0.25, -0.2) is 0 Å². The molecule has 1 aromatic carbocycles. The summed E-state index contributed by atoms with van der Waals surface area (Å²) >= 11 is 0. The third kappa shape index (κ3) is 3.95. The van der Waals surface area contributed by atoms with Crippen LogP contribution in [-0.4, -0.2) is 78.1 Å². The summed E-state index contributed by atoms with van der Waals surface area (Å²) < 4.78 is 5.57. The molecule has 7 nitrogen and oxygen atoms in total. The van der Waals surface area contributed by atoms with Crippen LogP contribution in [0.3, 0.4) is 0 Å². The molecule has 2 aliphatic rings. The lowest BCUT2D eigenvalue weighted by atomic mass is 10.1. The zero-order chi connectivity index (χ0) is 18.1. The summed E-state index contributed by atoms with van der Waals surface area (Å²) in [5.41, 5.74) is 1.56. The van der Waals surface area contributed by atoms with Crippen LogP contribution in [0, 0.1) is 0 Å². The number of hydrogen-bond acceptors (Lipinski definition) is 4. The molecule has 2 amide bonds. The van der Waals surface area contributed by atoms with E-state index >= 15 is 0 Å². The number of ether oxygens (including phenoxy) is 1. The van der Waals surface area contributed by atoms with Crippen molar-refractivity contribution >= 4 is 35.1 Å². The Morgan fingerprint density at radius 1 is 1.11 bits per heavy atom. The highest BCUT2D eigenvalue weighted by atomic mass is 35.5. The Kier molecular flexibility index (Phi) is 6.04. The largest absolute Gasteiger partial charge is 0.375 e. The molecule has 0 bridgehead atoms. The van der Waals surface area contributed by atoms with Crippen LogP contribution in [0.4, 0.5) is 0 Å². The van der Waals surface area contributed by atoms with Gasteiger partial charge in [-0.1, -0.05) is 18.2 Å². The number of nitrogens with one attached hydrogen (secondary N) is 2. The number of amides is 2. The maximum Gasteiger partial charge on any atom is 0.270 e. The lowest BCUT2D eigenvalue weighted by molar-refractivity contribution is -0.140. The smallest absolute Gasteiger partial charge is 0.270 e. The van der Waals surface area contributed by atoms with Crippen molar-refractivity contribution < 1.29 is 14.3 Å². The van der Waals surface area contributed by atoms with Crippen LogP contribution in [0.15, 0.2) is 30.3 Å². The molecule has 0 radical (unpaired) electrons. The number of carbonyl (C=O) groups excluding carboxylic acids is 2. The van der Waals surface area contributed by atoms with Gasteiger partial charge in [0.1, 0.15) is 11.7 Å². The number of para-hydroxylation sites is 1. The molecule has 2 aliphatic heterocycles. The number of fused-ring (bicyclic) bond motifs is 1. The first-order valence-electron chi connectivity index (χ1n) is 9.14. The molecule has 0 aliphatic carbocycles. The van der Waals surface area contributed by atoms with E-state index in [4.69, 9.17) is 4.74 Å². The number of morpholine rings is 1. The van der Waals surface area contributed by atoms with Gasteiger partial charge < -0.3 is 24.8 Å². The number of aromatic amines is 1. The number of H-pyrrole nitrogens is 1. The Hall–Kier alpha value is -2.09. The standard InChI is InChI=1S/C19H24N4O3.ClH/c1-13-17(20-6-11-26-13)19(25)23-9-7-22(8-10-23)18(24)16-12-14-4-2-3-5-15(14)21-16;/h2-5,12-13,17,20-21H,6-11H2,1H3;1H/t13-,17+;/m1./s1. The van der Waals surface area contributed by atoms with Crippen molar-refractivity contribution in [3.63, 3.8) is 0 Å². The van der Waals surface area contributed by atoms with Gasteiger partial charge in [0.15, 0.2) is 0 Å². The van der Waals surface area contributed by atoms with Crippen LogP contribution in [-0.2, 0) is 9.53 Å². The second kappa shape index (κ2) is 8.29. The van der Waals surface area contributed by atoms with E-state index in [1.165, 1.54) is 0 Å². The lowest BCUT2D eigenvalue weighted by Gasteiger charge is -2.38.